The minimum atomic E-state index is -0.676. The molecule has 1 aliphatic rings. The lowest BCUT2D eigenvalue weighted by Crippen LogP contribution is -2.36. The summed E-state index contributed by atoms with van der Waals surface area (Å²) in [6, 6.07) is 7.26. The van der Waals surface area contributed by atoms with Crippen molar-refractivity contribution >= 4 is 74.1 Å². The second-order valence-corrected chi connectivity index (χ2v) is 8.81. The summed E-state index contributed by atoms with van der Waals surface area (Å²) in [7, 11) is 2.58. The Hall–Kier alpha value is -3.02. The molecular weight excluding hydrogens is 540 g/mol. The molecule has 2 aromatic rings. The van der Waals surface area contributed by atoms with Gasteiger partial charge < -0.3 is 19.9 Å². The standard InChI is InChI=1S/C21H16BrClN2O7S/c1-31-15-6-10(5-13(22)18(15)27)7-16-19(28)25(21(30)33-16)9-17(26)24-11-3-4-14(23)12(8-11)20(29)32-2/h3-8,27H,9H2,1-2H3,(H,24,26)/b16-7+. The molecule has 0 radical (unpaired) electrons. The first kappa shape index (κ1) is 24.6. The number of anilines is 1. The number of rotatable bonds is 6. The first-order valence-corrected chi connectivity index (χ1v) is 11.1. The fraction of sp³-hybridized carbons (Fsp3) is 0.143. The lowest BCUT2D eigenvalue weighted by atomic mass is 10.2. The number of phenolic OH excluding ortho intramolecular Hbond substituents is 1. The van der Waals surface area contributed by atoms with E-state index >= 15 is 0 Å². The monoisotopic (exact) mass is 554 g/mol. The molecule has 1 heterocycles. The highest BCUT2D eigenvalue weighted by Gasteiger charge is 2.36. The molecule has 9 nitrogen and oxygen atoms in total. The molecule has 0 bridgehead atoms. The van der Waals surface area contributed by atoms with Gasteiger partial charge in [0.15, 0.2) is 11.5 Å². The molecular formula is C21H16BrClN2O7S. The molecule has 0 atom stereocenters. The molecule has 0 aliphatic carbocycles. The third-order valence-electron chi connectivity index (χ3n) is 4.40. The maximum Gasteiger partial charge on any atom is 0.339 e. The molecule has 0 aromatic heterocycles. The van der Waals surface area contributed by atoms with E-state index in [1.165, 1.54) is 44.6 Å². The molecule has 1 saturated heterocycles. The van der Waals surface area contributed by atoms with Gasteiger partial charge in [-0.15, -0.1) is 0 Å². The van der Waals surface area contributed by atoms with E-state index in [9.17, 15) is 24.3 Å². The summed E-state index contributed by atoms with van der Waals surface area (Å²) in [5.41, 5.74) is 0.804. The number of nitrogens with one attached hydrogen (secondary N) is 1. The number of phenols is 1. The molecule has 1 fully saturated rings. The topological polar surface area (TPSA) is 122 Å². The first-order chi connectivity index (χ1) is 15.6. The van der Waals surface area contributed by atoms with Crippen LogP contribution in [-0.2, 0) is 14.3 Å². The number of hydrogen-bond donors (Lipinski definition) is 2. The lowest BCUT2D eigenvalue weighted by molar-refractivity contribution is -0.127. The van der Waals surface area contributed by atoms with Gasteiger partial charge in [0.25, 0.3) is 11.1 Å². The van der Waals surface area contributed by atoms with E-state index in [1.54, 1.807) is 6.07 Å². The Balaban J connectivity index is 1.74. The van der Waals surface area contributed by atoms with Gasteiger partial charge in [0.05, 0.1) is 34.2 Å². The van der Waals surface area contributed by atoms with Crippen LogP contribution >= 0.6 is 39.3 Å². The van der Waals surface area contributed by atoms with Crippen molar-refractivity contribution in [2.24, 2.45) is 0 Å². The van der Waals surface area contributed by atoms with Gasteiger partial charge in [-0.3, -0.25) is 19.3 Å². The van der Waals surface area contributed by atoms with Crippen LogP contribution in [0.2, 0.25) is 5.02 Å². The van der Waals surface area contributed by atoms with Crippen LogP contribution in [0.3, 0.4) is 0 Å². The van der Waals surface area contributed by atoms with E-state index in [1.807, 2.05) is 0 Å². The van der Waals surface area contributed by atoms with Gasteiger partial charge >= 0.3 is 5.97 Å². The van der Waals surface area contributed by atoms with Crippen LogP contribution in [0, 0.1) is 0 Å². The number of imide groups is 1. The van der Waals surface area contributed by atoms with Crippen LogP contribution in [0.1, 0.15) is 15.9 Å². The van der Waals surface area contributed by atoms with Crippen molar-refractivity contribution in [1.82, 2.24) is 4.90 Å². The summed E-state index contributed by atoms with van der Waals surface area (Å²) in [6.45, 7) is -0.527. The van der Waals surface area contributed by atoms with Crippen molar-refractivity contribution in [3.05, 3.63) is 55.9 Å². The molecule has 0 saturated carbocycles. The van der Waals surface area contributed by atoms with Crippen molar-refractivity contribution < 1.29 is 33.8 Å². The van der Waals surface area contributed by atoms with E-state index in [-0.39, 0.29) is 32.7 Å². The number of methoxy groups -OCH3 is 2. The predicted molar refractivity (Wildman–Crippen MR) is 126 cm³/mol. The number of nitrogens with zero attached hydrogens (tertiary/aromatic N) is 1. The van der Waals surface area contributed by atoms with Gasteiger partial charge in [0.2, 0.25) is 5.91 Å². The van der Waals surface area contributed by atoms with Crippen LogP contribution in [0.15, 0.2) is 39.7 Å². The van der Waals surface area contributed by atoms with E-state index in [0.717, 1.165) is 4.90 Å². The molecule has 3 rings (SSSR count). The average molecular weight is 556 g/mol. The number of hydrogen-bond acceptors (Lipinski definition) is 8. The zero-order chi connectivity index (χ0) is 24.3. The zero-order valence-electron chi connectivity index (χ0n) is 17.2. The number of carbonyl (C=O) groups excluding carboxylic acids is 4. The van der Waals surface area contributed by atoms with Gasteiger partial charge in [0.1, 0.15) is 6.54 Å². The number of halogens is 2. The average Bonchev–Trinajstić information content (AvgIpc) is 3.04. The number of esters is 1. The smallest absolute Gasteiger partial charge is 0.339 e. The summed E-state index contributed by atoms with van der Waals surface area (Å²) >= 11 is 9.83. The van der Waals surface area contributed by atoms with E-state index in [0.29, 0.717) is 21.8 Å². The highest BCUT2D eigenvalue weighted by molar-refractivity contribution is 9.10. The van der Waals surface area contributed by atoms with Crippen LogP contribution in [0.25, 0.3) is 6.08 Å². The van der Waals surface area contributed by atoms with Crippen molar-refractivity contribution in [3.8, 4) is 11.5 Å². The summed E-state index contributed by atoms with van der Waals surface area (Å²) in [6.07, 6.45) is 1.46. The maximum atomic E-state index is 12.7. The van der Waals surface area contributed by atoms with Gasteiger partial charge in [-0.2, -0.15) is 0 Å². The molecule has 0 spiro atoms. The van der Waals surface area contributed by atoms with Gasteiger partial charge in [0, 0.05) is 5.69 Å². The van der Waals surface area contributed by atoms with Gasteiger partial charge in [-0.05, 0) is 69.7 Å². The number of aromatic hydroxyl groups is 1. The summed E-state index contributed by atoms with van der Waals surface area (Å²) in [5, 5.41) is 12.0. The minimum Gasteiger partial charge on any atom is -0.503 e. The first-order valence-electron chi connectivity index (χ1n) is 9.14. The van der Waals surface area contributed by atoms with Crippen molar-refractivity contribution in [3.63, 3.8) is 0 Å². The van der Waals surface area contributed by atoms with Crippen molar-refractivity contribution in [2.75, 3.05) is 26.1 Å². The fourth-order valence-electron chi connectivity index (χ4n) is 2.83. The second kappa shape index (κ2) is 10.3. The molecule has 2 N–H and O–H groups in total. The molecule has 0 unspecified atom stereocenters. The Morgan fingerprint density at radius 1 is 1.24 bits per heavy atom. The summed E-state index contributed by atoms with van der Waals surface area (Å²) in [4.78, 5) is 50.1. The third kappa shape index (κ3) is 5.49. The number of carbonyl (C=O) groups is 4. The van der Waals surface area contributed by atoms with Crippen LogP contribution < -0.4 is 10.1 Å². The number of amides is 3. The molecule has 172 valence electrons. The van der Waals surface area contributed by atoms with E-state index in [4.69, 9.17) is 16.3 Å². The Morgan fingerprint density at radius 2 is 1.97 bits per heavy atom. The highest BCUT2D eigenvalue weighted by atomic mass is 79.9. The number of thioether (sulfide) groups is 1. The summed E-state index contributed by atoms with van der Waals surface area (Å²) < 4.78 is 10.1. The number of benzene rings is 2. The highest BCUT2D eigenvalue weighted by Crippen LogP contribution is 2.38. The lowest BCUT2D eigenvalue weighted by Gasteiger charge is -2.13. The Bertz CT molecular complexity index is 1200. The minimum absolute atomic E-state index is 0.0570. The second-order valence-electron chi connectivity index (χ2n) is 6.56. The molecule has 12 heteroatoms. The molecule has 2 aromatic carbocycles. The van der Waals surface area contributed by atoms with Gasteiger partial charge in [-0.1, -0.05) is 11.6 Å². The summed E-state index contributed by atoms with van der Waals surface area (Å²) in [5.74, 6) is -1.88. The van der Waals surface area contributed by atoms with Crippen LogP contribution in [0.4, 0.5) is 10.5 Å². The Morgan fingerprint density at radius 3 is 2.64 bits per heavy atom. The zero-order valence-corrected chi connectivity index (χ0v) is 20.3. The number of ether oxygens (including phenoxy) is 2. The SMILES string of the molecule is COC(=O)c1cc(NC(=O)CN2C(=O)S/C(=C/c3cc(Br)c(O)c(OC)c3)C2=O)ccc1Cl. The van der Waals surface area contributed by atoms with Crippen LogP contribution in [0.5, 0.6) is 11.5 Å². The van der Waals surface area contributed by atoms with E-state index in [2.05, 4.69) is 26.0 Å². The third-order valence-corrected chi connectivity index (χ3v) is 6.24. The normalized spacial score (nSPS) is 14.5. The van der Waals surface area contributed by atoms with Gasteiger partial charge in [-0.25, -0.2) is 4.79 Å². The maximum absolute atomic E-state index is 12.7. The van der Waals surface area contributed by atoms with Crippen LogP contribution in [-0.4, -0.2) is 53.8 Å². The largest absolute Gasteiger partial charge is 0.503 e. The predicted octanol–water partition coefficient (Wildman–Crippen LogP) is 4.28. The van der Waals surface area contributed by atoms with Crippen molar-refractivity contribution in [2.45, 2.75) is 0 Å². The quantitative estimate of drug-likeness (QED) is 0.400. The van der Waals surface area contributed by atoms with Crippen molar-refractivity contribution in [1.29, 1.82) is 0 Å². The fourth-order valence-corrected chi connectivity index (χ4v) is 4.33. The molecule has 3 amide bonds. The Labute approximate surface area is 205 Å². The van der Waals surface area contributed by atoms with E-state index < -0.39 is 29.6 Å². The molecule has 33 heavy (non-hydrogen) atoms. The Kier molecular flexibility index (Phi) is 7.67. The molecule has 1 aliphatic heterocycles.